The molecule has 1 aromatic carbocycles. The number of halogens is 1. The van der Waals surface area contributed by atoms with E-state index in [0.717, 1.165) is 34.4 Å². The monoisotopic (exact) mass is 255 g/mol. The molecule has 0 fully saturated rings. The first kappa shape index (κ1) is 10.1. The summed E-state index contributed by atoms with van der Waals surface area (Å²) in [7, 11) is 0. The first-order valence-electron chi connectivity index (χ1n) is 5.89. The van der Waals surface area contributed by atoms with Gasteiger partial charge in [0.15, 0.2) is 5.65 Å². The Hall–Kier alpha value is -1.87. The summed E-state index contributed by atoms with van der Waals surface area (Å²) in [5.41, 5.74) is 2.82. The van der Waals surface area contributed by atoms with E-state index in [1.807, 2.05) is 30.4 Å². The van der Waals surface area contributed by atoms with Crippen LogP contribution in [-0.2, 0) is 6.54 Å². The molecule has 0 bridgehead atoms. The van der Waals surface area contributed by atoms with Crippen LogP contribution in [0.2, 0.25) is 0 Å². The second-order valence-electron chi connectivity index (χ2n) is 4.48. The van der Waals surface area contributed by atoms with E-state index in [2.05, 4.69) is 26.7 Å². The first-order chi connectivity index (χ1) is 8.81. The number of allylic oxidation sites excluding steroid dienone is 1. The van der Waals surface area contributed by atoms with Gasteiger partial charge >= 0.3 is 0 Å². The van der Waals surface area contributed by atoms with Gasteiger partial charge in [0.2, 0.25) is 0 Å². The number of hydrogen-bond donors (Lipinski definition) is 0. The van der Waals surface area contributed by atoms with Gasteiger partial charge in [-0.05, 0) is 18.2 Å². The standard InChI is InChI=1S/C14H10ClN3/c15-10-5-6-13-17-14-12(18(13)8-10)7-9-3-1-2-4-11(9)16-14/h1-7,10H,8H2. The van der Waals surface area contributed by atoms with Crippen LogP contribution in [-0.4, -0.2) is 19.9 Å². The molecule has 0 saturated carbocycles. The van der Waals surface area contributed by atoms with E-state index in [4.69, 9.17) is 11.6 Å². The molecular weight excluding hydrogens is 246 g/mol. The minimum atomic E-state index is 0.0290. The van der Waals surface area contributed by atoms with E-state index in [-0.39, 0.29) is 5.38 Å². The van der Waals surface area contributed by atoms with Gasteiger partial charge in [0.05, 0.1) is 16.4 Å². The zero-order chi connectivity index (χ0) is 12.1. The summed E-state index contributed by atoms with van der Waals surface area (Å²) in [5.74, 6) is 0.935. The Kier molecular flexibility index (Phi) is 2.00. The second kappa shape index (κ2) is 3.56. The quantitative estimate of drug-likeness (QED) is 0.578. The fourth-order valence-corrected chi connectivity index (χ4v) is 2.62. The largest absolute Gasteiger partial charge is 0.321 e. The SMILES string of the molecule is ClC1C=Cc2nc3nc4ccccc4cc3n2C1. The van der Waals surface area contributed by atoms with E-state index >= 15 is 0 Å². The van der Waals surface area contributed by atoms with Gasteiger partial charge < -0.3 is 4.57 Å². The van der Waals surface area contributed by atoms with Crippen molar-refractivity contribution in [3.63, 3.8) is 0 Å². The van der Waals surface area contributed by atoms with E-state index in [9.17, 15) is 0 Å². The van der Waals surface area contributed by atoms with E-state index in [1.165, 1.54) is 0 Å². The number of alkyl halides is 1. The van der Waals surface area contributed by atoms with Gasteiger partial charge in [-0.25, -0.2) is 9.97 Å². The average Bonchev–Trinajstić information content (AvgIpc) is 2.73. The molecule has 18 heavy (non-hydrogen) atoms. The van der Waals surface area contributed by atoms with Gasteiger partial charge in [-0.2, -0.15) is 0 Å². The van der Waals surface area contributed by atoms with Crippen LogP contribution < -0.4 is 0 Å². The molecule has 0 amide bonds. The van der Waals surface area contributed by atoms with Crippen molar-refractivity contribution in [2.24, 2.45) is 0 Å². The molecule has 1 unspecified atom stereocenters. The molecule has 3 aromatic rings. The molecule has 3 heterocycles. The summed E-state index contributed by atoms with van der Waals surface area (Å²) in [6, 6.07) is 10.2. The van der Waals surface area contributed by atoms with E-state index in [1.54, 1.807) is 0 Å². The Morgan fingerprint density at radius 3 is 3.06 bits per heavy atom. The number of imidazole rings is 1. The number of aromatic nitrogens is 3. The molecule has 4 heteroatoms. The molecule has 0 spiro atoms. The van der Waals surface area contributed by atoms with Gasteiger partial charge in [-0.3, -0.25) is 0 Å². The molecule has 4 rings (SSSR count). The maximum Gasteiger partial charge on any atom is 0.178 e. The van der Waals surface area contributed by atoms with Crippen molar-refractivity contribution in [3.8, 4) is 0 Å². The van der Waals surface area contributed by atoms with Crippen molar-refractivity contribution in [1.82, 2.24) is 14.5 Å². The Labute approximate surface area is 109 Å². The van der Waals surface area contributed by atoms with Crippen molar-refractivity contribution in [3.05, 3.63) is 42.2 Å². The molecule has 0 aliphatic carbocycles. The van der Waals surface area contributed by atoms with E-state index < -0.39 is 0 Å². The van der Waals surface area contributed by atoms with Crippen LogP contribution in [0.5, 0.6) is 0 Å². The minimum absolute atomic E-state index is 0.0290. The predicted octanol–water partition coefficient (Wildman–Crippen LogP) is 3.22. The van der Waals surface area contributed by atoms with Gasteiger partial charge in [0.1, 0.15) is 5.82 Å². The van der Waals surface area contributed by atoms with Crippen LogP contribution in [0.1, 0.15) is 5.82 Å². The van der Waals surface area contributed by atoms with E-state index in [0.29, 0.717) is 0 Å². The molecule has 1 aliphatic heterocycles. The normalized spacial score (nSPS) is 18.4. The number of pyridine rings is 1. The van der Waals surface area contributed by atoms with Gasteiger partial charge in [0.25, 0.3) is 0 Å². The van der Waals surface area contributed by atoms with Crippen molar-refractivity contribution in [2.45, 2.75) is 11.9 Å². The molecule has 0 radical (unpaired) electrons. The highest BCUT2D eigenvalue weighted by Gasteiger charge is 2.16. The third-order valence-electron chi connectivity index (χ3n) is 3.28. The second-order valence-corrected chi connectivity index (χ2v) is 5.04. The summed E-state index contributed by atoms with van der Waals surface area (Å²) < 4.78 is 2.13. The number of hydrogen-bond acceptors (Lipinski definition) is 2. The third-order valence-corrected chi connectivity index (χ3v) is 3.57. The van der Waals surface area contributed by atoms with Crippen LogP contribution in [0.4, 0.5) is 0 Å². The van der Waals surface area contributed by atoms with Crippen LogP contribution in [0, 0.1) is 0 Å². The summed E-state index contributed by atoms with van der Waals surface area (Å²) in [5, 5.41) is 1.16. The number of nitrogens with zero attached hydrogens (tertiary/aromatic N) is 3. The molecule has 0 saturated heterocycles. The predicted molar refractivity (Wildman–Crippen MR) is 73.7 cm³/mol. The lowest BCUT2D eigenvalue weighted by molar-refractivity contribution is 0.715. The number of benzene rings is 1. The van der Waals surface area contributed by atoms with Crippen molar-refractivity contribution in [1.29, 1.82) is 0 Å². The number of para-hydroxylation sites is 1. The number of rotatable bonds is 0. The lowest BCUT2D eigenvalue weighted by Gasteiger charge is -2.13. The van der Waals surface area contributed by atoms with Crippen molar-refractivity contribution >= 4 is 39.7 Å². The highest BCUT2D eigenvalue weighted by molar-refractivity contribution is 6.22. The summed E-state index contributed by atoms with van der Waals surface area (Å²) >= 11 is 6.16. The van der Waals surface area contributed by atoms with Crippen LogP contribution in [0.3, 0.4) is 0 Å². The van der Waals surface area contributed by atoms with Crippen LogP contribution in [0.25, 0.3) is 28.1 Å². The lowest BCUT2D eigenvalue weighted by Crippen LogP contribution is -2.13. The Morgan fingerprint density at radius 2 is 2.11 bits per heavy atom. The fourth-order valence-electron chi connectivity index (χ4n) is 2.41. The van der Waals surface area contributed by atoms with Crippen molar-refractivity contribution in [2.75, 3.05) is 0 Å². The zero-order valence-electron chi connectivity index (χ0n) is 9.55. The Balaban J connectivity index is 2.09. The highest BCUT2D eigenvalue weighted by atomic mass is 35.5. The maximum atomic E-state index is 6.16. The molecule has 1 aliphatic rings. The fraction of sp³-hybridized carbons (Fsp3) is 0.143. The highest BCUT2D eigenvalue weighted by Crippen LogP contribution is 2.24. The van der Waals surface area contributed by atoms with Crippen LogP contribution >= 0.6 is 11.6 Å². The summed E-state index contributed by atoms with van der Waals surface area (Å²) in [4.78, 5) is 9.14. The molecule has 0 N–H and O–H groups in total. The first-order valence-corrected chi connectivity index (χ1v) is 6.33. The lowest BCUT2D eigenvalue weighted by atomic mass is 10.2. The third kappa shape index (κ3) is 1.37. The average molecular weight is 256 g/mol. The molecule has 1 atom stereocenters. The number of fused-ring (bicyclic) bond motifs is 4. The van der Waals surface area contributed by atoms with Gasteiger partial charge in [-0.1, -0.05) is 24.3 Å². The van der Waals surface area contributed by atoms with Crippen LogP contribution in [0.15, 0.2) is 36.4 Å². The van der Waals surface area contributed by atoms with Crippen molar-refractivity contribution < 1.29 is 0 Å². The minimum Gasteiger partial charge on any atom is -0.321 e. The molecule has 88 valence electrons. The zero-order valence-corrected chi connectivity index (χ0v) is 10.3. The van der Waals surface area contributed by atoms with Gasteiger partial charge in [-0.15, -0.1) is 11.6 Å². The maximum absolute atomic E-state index is 6.16. The molecule has 2 aromatic heterocycles. The topological polar surface area (TPSA) is 30.7 Å². The smallest absolute Gasteiger partial charge is 0.178 e. The van der Waals surface area contributed by atoms with Gasteiger partial charge in [0, 0.05) is 11.9 Å². The Bertz CT molecular complexity index is 788. The molecule has 3 nitrogen and oxygen atoms in total. The Morgan fingerprint density at radius 1 is 1.22 bits per heavy atom. The molecular formula is C14H10ClN3. The summed E-state index contributed by atoms with van der Waals surface area (Å²) in [6.07, 6.45) is 3.94. The summed E-state index contributed by atoms with van der Waals surface area (Å²) in [6.45, 7) is 0.754.